The van der Waals surface area contributed by atoms with Gasteiger partial charge in [0.25, 0.3) is 5.91 Å². The quantitative estimate of drug-likeness (QED) is 0.340. The molecule has 0 aliphatic carbocycles. The molecule has 2 amide bonds. The maximum atomic E-state index is 13.8. The zero-order valence-corrected chi connectivity index (χ0v) is 26.5. The Morgan fingerprint density at radius 1 is 0.952 bits per heavy atom. The number of aliphatic hydroxyl groups excluding tert-OH is 1. The Morgan fingerprint density at radius 2 is 1.52 bits per heavy atom. The smallest absolute Gasteiger partial charge is 0.252 e. The van der Waals surface area contributed by atoms with Crippen LogP contribution in [0, 0.1) is 11.3 Å². The zero-order chi connectivity index (χ0) is 30.9. The lowest BCUT2D eigenvalue weighted by molar-refractivity contribution is -0.149. The van der Waals surface area contributed by atoms with E-state index in [0.29, 0.717) is 0 Å². The summed E-state index contributed by atoms with van der Waals surface area (Å²) in [5.41, 5.74) is 3.30. The van der Waals surface area contributed by atoms with Crippen LogP contribution in [0.25, 0.3) is 0 Å². The number of rotatable bonds is 13. The molecule has 1 aliphatic heterocycles. The van der Waals surface area contributed by atoms with Crippen molar-refractivity contribution in [1.29, 1.82) is 0 Å². The minimum atomic E-state index is -3.94. The maximum Gasteiger partial charge on any atom is 0.252 e. The molecule has 1 fully saturated rings. The summed E-state index contributed by atoms with van der Waals surface area (Å²) in [7, 11) is -3.94. The first-order chi connectivity index (χ1) is 19.8. The van der Waals surface area contributed by atoms with Crippen molar-refractivity contribution >= 4 is 21.8 Å². The van der Waals surface area contributed by atoms with Crippen molar-refractivity contribution in [3.8, 4) is 0 Å². The molecule has 2 atom stereocenters. The minimum absolute atomic E-state index is 0.0120. The third-order valence-electron chi connectivity index (χ3n) is 7.17. The second-order valence-corrected chi connectivity index (χ2v) is 14.8. The van der Waals surface area contributed by atoms with Gasteiger partial charge in [-0.25, -0.2) is 13.4 Å². The molecular formula is C32H48N4O5S. The number of hydrogen-bond donors (Lipinski definition) is 2. The summed E-state index contributed by atoms with van der Waals surface area (Å²) in [6, 6.07) is 16.7. The first-order valence-corrected chi connectivity index (χ1v) is 16.3. The first kappa shape index (κ1) is 33.7. The normalized spacial score (nSPS) is 16.0. The van der Waals surface area contributed by atoms with Crippen molar-refractivity contribution in [3.63, 3.8) is 0 Å². The SMILES string of the molecule is CC(C)CN(C[C@@H](O)C(Cc1ccccc1)N(NC(=O)CN1CCCC1)C(=O)CC(C)(C)C)S(=O)(=O)c1ccccc1. The Labute approximate surface area is 251 Å². The van der Waals surface area contributed by atoms with E-state index < -0.39 is 22.2 Å². The Hall–Kier alpha value is -2.79. The van der Waals surface area contributed by atoms with Crippen molar-refractivity contribution in [2.24, 2.45) is 11.3 Å². The second kappa shape index (κ2) is 15.1. The molecule has 1 unspecified atom stereocenters. The molecule has 0 aromatic heterocycles. The summed E-state index contributed by atoms with van der Waals surface area (Å²) in [5, 5.41) is 13.1. The lowest BCUT2D eigenvalue weighted by Crippen LogP contribution is -2.60. The first-order valence-electron chi connectivity index (χ1n) is 14.9. The lowest BCUT2D eigenvalue weighted by Gasteiger charge is -2.38. The van der Waals surface area contributed by atoms with E-state index in [0.717, 1.165) is 31.5 Å². The molecule has 1 heterocycles. The predicted octanol–water partition coefficient (Wildman–Crippen LogP) is 3.70. The van der Waals surface area contributed by atoms with Crippen LogP contribution >= 0.6 is 0 Å². The molecule has 3 rings (SSSR count). The van der Waals surface area contributed by atoms with Crippen LogP contribution in [0.3, 0.4) is 0 Å². The number of carbonyl (C=O) groups excluding carboxylic acids is 2. The number of hydrazine groups is 1. The fraction of sp³-hybridized carbons (Fsp3) is 0.562. The second-order valence-electron chi connectivity index (χ2n) is 12.9. The summed E-state index contributed by atoms with van der Waals surface area (Å²) in [6.45, 7) is 11.4. The van der Waals surface area contributed by atoms with Crippen LogP contribution in [0.5, 0.6) is 0 Å². The number of likely N-dealkylation sites (tertiary alicyclic amines) is 1. The van der Waals surface area contributed by atoms with Crippen LogP contribution in [0.2, 0.25) is 0 Å². The highest BCUT2D eigenvalue weighted by Gasteiger charge is 2.37. The molecule has 0 spiro atoms. The third kappa shape index (κ3) is 10.2. The average Bonchev–Trinajstić information content (AvgIpc) is 3.43. The Morgan fingerprint density at radius 3 is 2.07 bits per heavy atom. The number of benzene rings is 2. The van der Waals surface area contributed by atoms with Crippen molar-refractivity contribution < 1.29 is 23.1 Å². The van der Waals surface area contributed by atoms with E-state index in [4.69, 9.17) is 0 Å². The number of sulfonamides is 1. The van der Waals surface area contributed by atoms with Crippen molar-refractivity contribution in [2.75, 3.05) is 32.7 Å². The number of carbonyl (C=O) groups is 2. The van der Waals surface area contributed by atoms with E-state index in [2.05, 4.69) is 5.43 Å². The van der Waals surface area contributed by atoms with Gasteiger partial charge in [0.15, 0.2) is 0 Å². The summed E-state index contributed by atoms with van der Waals surface area (Å²) < 4.78 is 28.7. The van der Waals surface area contributed by atoms with Crippen molar-refractivity contribution in [1.82, 2.24) is 19.6 Å². The molecule has 9 nitrogen and oxygen atoms in total. The molecule has 0 radical (unpaired) electrons. The van der Waals surface area contributed by atoms with E-state index in [-0.39, 0.29) is 60.5 Å². The van der Waals surface area contributed by atoms with Gasteiger partial charge in [0, 0.05) is 19.5 Å². The molecular weight excluding hydrogens is 552 g/mol. The average molecular weight is 601 g/mol. The monoisotopic (exact) mass is 600 g/mol. The van der Waals surface area contributed by atoms with E-state index in [1.165, 1.54) is 21.4 Å². The number of amides is 2. The van der Waals surface area contributed by atoms with Gasteiger partial charge in [0.1, 0.15) is 0 Å². The summed E-state index contributed by atoms with van der Waals surface area (Å²) in [4.78, 5) is 29.2. The molecule has 1 saturated heterocycles. The van der Waals surface area contributed by atoms with Crippen LogP contribution < -0.4 is 5.43 Å². The van der Waals surface area contributed by atoms with Gasteiger partial charge >= 0.3 is 0 Å². The largest absolute Gasteiger partial charge is 0.390 e. The molecule has 2 aromatic rings. The van der Waals surface area contributed by atoms with E-state index >= 15 is 0 Å². The molecule has 2 aromatic carbocycles. The standard InChI is InChI=1S/C32H48N4O5S/c1-25(2)22-35(42(40,41)27-16-10-7-11-17-27)23-29(37)28(20-26-14-8-6-9-15-26)36(31(39)21-32(3,4)5)33-30(38)24-34-18-12-13-19-34/h6-11,14-17,25,28-29,37H,12-13,18-24H2,1-5H3,(H,33,38)/t28?,29-/m1/s1. The van der Waals surface area contributed by atoms with E-state index in [1.807, 2.05) is 69.9 Å². The van der Waals surface area contributed by atoms with Crippen LogP contribution in [0.15, 0.2) is 65.6 Å². The Kier molecular flexibility index (Phi) is 12.1. The Bertz CT molecular complexity index is 1240. The number of nitrogens with zero attached hydrogens (tertiary/aromatic N) is 3. The van der Waals surface area contributed by atoms with Gasteiger partial charge < -0.3 is 5.11 Å². The molecule has 0 saturated carbocycles. The summed E-state index contributed by atoms with van der Waals surface area (Å²) in [5.74, 6) is -0.680. The predicted molar refractivity (Wildman–Crippen MR) is 165 cm³/mol. The van der Waals surface area contributed by atoms with Gasteiger partial charge in [-0.2, -0.15) is 4.31 Å². The number of hydrogen-bond acceptors (Lipinski definition) is 6. The fourth-order valence-corrected chi connectivity index (χ4v) is 6.83. The van der Waals surface area contributed by atoms with Crippen LogP contribution in [0.1, 0.15) is 59.4 Å². The highest BCUT2D eigenvalue weighted by Crippen LogP contribution is 2.24. The molecule has 2 N–H and O–H groups in total. The zero-order valence-electron chi connectivity index (χ0n) is 25.7. The van der Waals surface area contributed by atoms with Gasteiger partial charge in [-0.15, -0.1) is 0 Å². The topological polar surface area (TPSA) is 110 Å². The van der Waals surface area contributed by atoms with Crippen molar-refractivity contribution in [3.05, 3.63) is 66.2 Å². The minimum Gasteiger partial charge on any atom is -0.390 e. The highest BCUT2D eigenvalue weighted by atomic mass is 32.2. The number of aliphatic hydroxyl groups is 1. The summed E-state index contributed by atoms with van der Waals surface area (Å²) >= 11 is 0. The fourth-order valence-electron chi connectivity index (χ4n) is 5.19. The van der Waals surface area contributed by atoms with Gasteiger partial charge in [-0.3, -0.25) is 19.9 Å². The molecule has 1 aliphatic rings. The van der Waals surface area contributed by atoms with E-state index in [9.17, 15) is 23.1 Å². The maximum absolute atomic E-state index is 13.8. The molecule has 232 valence electrons. The van der Waals surface area contributed by atoms with Crippen molar-refractivity contribution in [2.45, 2.75) is 77.3 Å². The lowest BCUT2D eigenvalue weighted by atomic mass is 9.91. The number of nitrogens with one attached hydrogen (secondary N) is 1. The van der Waals surface area contributed by atoms with Crippen LogP contribution in [-0.2, 0) is 26.0 Å². The van der Waals surface area contributed by atoms with Gasteiger partial charge in [0.05, 0.1) is 23.6 Å². The van der Waals surface area contributed by atoms with Crippen LogP contribution in [-0.4, -0.2) is 84.4 Å². The van der Waals surface area contributed by atoms with E-state index in [1.54, 1.807) is 18.2 Å². The molecule has 0 bridgehead atoms. The summed E-state index contributed by atoms with van der Waals surface area (Å²) in [6.07, 6.45) is 1.11. The van der Waals surface area contributed by atoms with Gasteiger partial charge in [-0.1, -0.05) is 83.1 Å². The highest BCUT2D eigenvalue weighted by molar-refractivity contribution is 7.89. The van der Waals surface area contributed by atoms with Crippen LogP contribution in [0.4, 0.5) is 0 Å². The van der Waals surface area contributed by atoms with Gasteiger partial charge in [0.2, 0.25) is 15.9 Å². The third-order valence-corrected chi connectivity index (χ3v) is 9.01. The van der Waals surface area contributed by atoms with Gasteiger partial charge in [-0.05, 0) is 61.4 Å². The molecule has 10 heteroatoms. The molecule has 42 heavy (non-hydrogen) atoms. The Balaban J connectivity index is 1.98.